The third kappa shape index (κ3) is 7.11. The first-order chi connectivity index (χ1) is 17.4. The normalized spacial score (nSPS) is 11.6. The number of aliphatic imine (C=N–C) groups is 2. The molecule has 2 nitrogen and oxygen atoms in total. The van der Waals surface area contributed by atoms with Crippen LogP contribution >= 0.6 is 0 Å². The smallest absolute Gasteiger partial charge is 0.0671 e. The van der Waals surface area contributed by atoms with Crippen LogP contribution in [0.5, 0.6) is 0 Å². The summed E-state index contributed by atoms with van der Waals surface area (Å²) in [7, 11) is 0. The molecule has 36 heavy (non-hydrogen) atoms. The van der Waals surface area contributed by atoms with E-state index in [-0.39, 0.29) is 0 Å². The lowest BCUT2D eigenvalue weighted by atomic mass is 9.92. The largest absolute Gasteiger partial charge is 0.252 e. The Hall–Kier alpha value is -3.78. The topological polar surface area (TPSA) is 24.7 Å². The van der Waals surface area contributed by atoms with E-state index in [1.807, 2.05) is 50.3 Å². The van der Waals surface area contributed by atoms with Gasteiger partial charge in [0.05, 0.1) is 22.8 Å². The monoisotopic (exact) mass is 476 g/mol. The van der Waals surface area contributed by atoms with E-state index >= 15 is 0 Å². The summed E-state index contributed by atoms with van der Waals surface area (Å²) < 4.78 is 0. The second kappa shape index (κ2) is 14.6. The Morgan fingerprint density at radius 2 is 0.806 bits per heavy atom. The fourth-order valence-electron chi connectivity index (χ4n) is 4.43. The maximum Gasteiger partial charge on any atom is 0.0671 e. The Bertz CT molecular complexity index is 1110. The van der Waals surface area contributed by atoms with Crippen LogP contribution < -0.4 is 0 Å². The van der Waals surface area contributed by atoms with Gasteiger partial charge in [-0.15, -0.1) is 39.5 Å². The van der Waals surface area contributed by atoms with Crippen LogP contribution in [-0.2, 0) is 38.5 Å². The van der Waals surface area contributed by atoms with E-state index in [0.717, 1.165) is 61.3 Å². The van der Waals surface area contributed by atoms with E-state index in [1.54, 1.807) is 0 Å². The van der Waals surface area contributed by atoms with Gasteiger partial charge in [-0.05, 0) is 97.9 Å². The van der Waals surface area contributed by atoms with Gasteiger partial charge in [-0.2, -0.15) is 0 Å². The summed E-state index contributed by atoms with van der Waals surface area (Å²) in [6.45, 7) is 27.7. The van der Waals surface area contributed by atoms with Gasteiger partial charge in [-0.1, -0.05) is 48.6 Å². The Labute approximate surface area is 218 Å². The Kier molecular flexibility index (Phi) is 11.5. The molecule has 0 saturated heterocycles. The van der Waals surface area contributed by atoms with E-state index < -0.39 is 0 Å². The lowest BCUT2D eigenvalue weighted by Gasteiger charge is -2.16. The van der Waals surface area contributed by atoms with Gasteiger partial charge in [0.1, 0.15) is 0 Å². The predicted octanol–water partition coefficient (Wildman–Crippen LogP) is 8.94. The van der Waals surface area contributed by atoms with E-state index in [4.69, 9.17) is 9.98 Å². The first-order valence-corrected chi connectivity index (χ1v) is 12.5. The fourth-order valence-corrected chi connectivity index (χ4v) is 4.43. The van der Waals surface area contributed by atoms with E-state index in [9.17, 15) is 0 Å². The molecule has 0 spiro atoms. The first-order valence-electron chi connectivity index (χ1n) is 12.5. The predicted molar refractivity (Wildman–Crippen MR) is 162 cm³/mol. The number of benzene rings is 2. The van der Waals surface area contributed by atoms with E-state index in [1.165, 1.54) is 33.4 Å². The second-order valence-corrected chi connectivity index (χ2v) is 8.75. The summed E-state index contributed by atoms with van der Waals surface area (Å²) in [5, 5.41) is 0. The summed E-state index contributed by atoms with van der Waals surface area (Å²) in [6.07, 6.45) is 16.3. The molecule has 0 bridgehead atoms. The molecule has 186 valence electrons. The minimum Gasteiger partial charge on any atom is -0.252 e. The second-order valence-electron chi connectivity index (χ2n) is 8.75. The Morgan fingerprint density at radius 1 is 0.500 bits per heavy atom. The van der Waals surface area contributed by atoms with Crippen molar-refractivity contribution >= 4 is 22.8 Å². The third-order valence-corrected chi connectivity index (χ3v) is 6.23. The van der Waals surface area contributed by atoms with Crippen molar-refractivity contribution in [2.45, 2.75) is 52.4 Å². The fraction of sp³-hybridized carbons (Fsp3) is 0.235. The standard InChI is InChI=1S/C34H40N2/c1-9-15-27-21-23-33(31(19-13-5)29(27)17-11-3)35-25(7)26(8)36-34-24-22-28(16-10-2)30(18-12-4)32(34)20-14-6/h9-14,21-24H,1-6,15-20H2,7-8H3/b35-25-,36-26-. The molecule has 0 heterocycles. The number of rotatable bonds is 15. The van der Waals surface area contributed by atoms with Gasteiger partial charge in [-0.25, -0.2) is 0 Å². The molecule has 0 aromatic heterocycles. The summed E-state index contributed by atoms with van der Waals surface area (Å²) in [5.41, 5.74) is 11.1. The van der Waals surface area contributed by atoms with Gasteiger partial charge in [0.15, 0.2) is 0 Å². The van der Waals surface area contributed by atoms with Gasteiger partial charge in [0, 0.05) is 0 Å². The highest BCUT2D eigenvalue weighted by Gasteiger charge is 2.14. The van der Waals surface area contributed by atoms with Crippen molar-refractivity contribution in [1.29, 1.82) is 0 Å². The van der Waals surface area contributed by atoms with Crippen molar-refractivity contribution in [2.24, 2.45) is 9.98 Å². The quantitative estimate of drug-likeness (QED) is 0.181. The molecule has 0 aliphatic heterocycles. The lowest BCUT2D eigenvalue weighted by molar-refractivity contribution is 1.08. The molecular formula is C34H40N2. The van der Waals surface area contributed by atoms with Crippen LogP contribution in [-0.4, -0.2) is 11.4 Å². The molecule has 2 aromatic rings. The van der Waals surface area contributed by atoms with E-state index in [0.29, 0.717) is 0 Å². The highest BCUT2D eigenvalue weighted by atomic mass is 14.8. The van der Waals surface area contributed by atoms with Crippen molar-refractivity contribution in [2.75, 3.05) is 0 Å². The summed E-state index contributed by atoms with van der Waals surface area (Å²) in [5.74, 6) is 0. The van der Waals surface area contributed by atoms with Crippen LogP contribution in [0.2, 0.25) is 0 Å². The van der Waals surface area contributed by atoms with Crippen LogP contribution in [0.1, 0.15) is 47.2 Å². The summed E-state index contributed by atoms with van der Waals surface area (Å²) in [6, 6.07) is 8.48. The number of nitrogens with zero attached hydrogens (tertiary/aromatic N) is 2. The molecule has 0 N–H and O–H groups in total. The molecule has 0 unspecified atom stereocenters. The first kappa shape index (κ1) is 28.5. The van der Waals surface area contributed by atoms with Crippen molar-refractivity contribution in [3.8, 4) is 0 Å². The molecule has 0 fully saturated rings. The van der Waals surface area contributed by atoms with Gasteiger partial charge in [0.25, 0.3) is 0 Å². The summed E-state index contributed by atoms with van der Waals surface area (Å²) in [4.78, 5) is 10.1. The minimum atomic E-state index is 0.746. The molecule has 0 amide bonds. The molecule has 2 aromatic carbocycles. The number of allylic oxidation sites excluding steroid dienone is 6. The van der Waals surface area contributed by atoms with Crippen LogP contribution in [0.15, 0.2) is 110 Å². The van der Waals surface area contributed by atoms with Gasteiger partial charge < -0.3 is 0 Å². The maximum atomic E-state index is 5.03. The SMILES string of the molecule is C=CCc1ccc(/N=C(C)\C(C)=N/c2ccc(CC=C)c(CC=C)c2CC=C)c(CC=C)c1CC=C. The van der Waals surface area contributed by atoms with Crippen molar-refractivity contribution in [1.82, 2.24) is 0 Å². The van der Waals surface area contributed by atoms with Gasteiger partial charge >= 0.3 is 0 Å². The average molecular weight is 477 g/mol. The van der Waals surface area contributed by atoms with Crippen molar-refractivity contribution in [3.63, 3.8) is 0 Å². The van der Waals surface area contributed by atoms with Crippen LogP contribution in [0.25, 0.3) is 0 Å². The van der Waals surface area contributed by atoms with Crippen molar-refractivity contribution in [3.05, 3.63) is 134 Å². The Morgan fingerprint density at radius 3 is 1.11 bits per heavy atom. The molecule has 0 aliphatic rings. The van der Waals surface area contributed by atoms with Crippen LogP contribution in [0.3, 0.4) is 0 Å². The highest BCUT2D eigenvalue weighted by molar-refractivity contribution is 6.41. The molecule has 0 radical (unpaired) electrons. The number of hydrogen-bond donors (Lipinski definition) is 0. The highest BCUT2D eigenvalue weighted by Crippen LogP contribution is 2.31. The number of hydrogen-bond acceptors (Lipinski definition) is 2. The molecule has 2 rings (SSSR count). The van der Waals surface area contributed by atoms with Gasteiger partial charge in [0.2, 0.25) is 0 Å². The minimum absolute atomic E-state index is 0.746. The van der Waals surface area contributed by atoms with Gasteiger partial charge in [-0.3, -0.25) is 9.98 Å². The van der Waals surface area contributed by atoms with Crippen LogP contribution in [0.4, 0.5) is 11.4 Å². The zero-order valence-electron chi connectivity index (χ0n) is 22.2. The van der Waals surface area contributed by atoms with Crippen LogP contribution in [0, 0.1) is 0 Å². The van der Waals surface area contributed by atoms with E-state index in [2.05, 4.69) is 63.7 Å². The molecule has 0 saturated carbocycles. The maximum absolute atomic E-state index is 5.03. The zero-order valence-corrected chi connectivity index (χ0v) is 22.2. The average Bonchev–Trinajstić information content (AvgIpc) is 2.86. The van der Waals surface area contributed by atoms with Crippen molar-refractivity contribution < 1.29 is 0 Å². The Balaban J connectivity index is 2.62. The zero-order chi connectivity index (χ0) is 26.5. The lowest BCUT2D eigenvalue weighted by Crippen LogP contribution is -2.07. The molecule has 0 aliphatic carbocycles. The molecule has 0 atom stereocenters. The molecular weight excluding hydrogens is 436 g/mol. The third-order valence-electron chi connectivity index (χ3n) is 6.23. The summed E-state index contributed by atoms with van der Waals surface area (Å²) >= 11 is 0. The molecule has 2 heteroatoms.